The normalized spacial score (nSPS) is 12.9. The summed E-state index contributed by atoms with van der Waals surface area (Å²) in [5.41, 5.74) is -1.24. The third-order valence-corrected chi connectivity index (χ3v) is 3.98. The van der Waals surface area contributed by atoms with Crippen molar-refractivity contribution in [2.45, 2.75) is 24.3 Å². The van der Waals surface area contributed by atoms with Gasteiger partial charge in [0.25, 0.3) is 0 Å². The maximum absolute atomic E-state index is 13.5. The molecule has 0 fully saturated rings. The molecule has 0 aliphatic carbocycles. The van der Waals surface area contributed by atoms with E-state index in [2.05, 4.69) is 0 Å². The van der Waals surface area contributed by atoms with Crippen LogP contribution in [0, 0.1) is 21.7 Å². The number of hydrogen-bond acceptors (Lipinski definition) is 5. The zero-order valence-corrected chi connectivity index (χ0v) is 11.4. The van der Waals surface area contributed by atoms with E-state index < -0.39 is 49.2 Å². The molecule has 0 saturated heterocycles. The van der Waals surface area contributed by atoms with Gasteiger partial charge in [0.2, 0.25) is 15.8 Å². The molecule has 0 saturated carbocycles. The Hall–Kier alpha value is -2.14. The van der Waals surface area contributed by atoms with E-state index in [4.69, 9.17) is 5.11 Å². The third kappa shape index (κ3) is 3.70. The van der Waals surface area contributed by atoms with Gasteiger partial charge in [-0.1, -0.05) is 6.92 Å². The van der Waals surface area contributed by atoms with Crippen molar-refractivity contribution in [2.75, 3.05) is 0 Å². The van der Waals surface area contributed by atoms with Crippen molar-refractivity contribution >= 4 is 21.7 Å². The zero-order chi connectivity index (χ0) is 16.4. The molecule has 0 aromatic heterocycles. The number of benzene rings is 1. The molecule has 0 amide bonds. The minimum Gasteiger partial charge on any atom is -0.480 e. The zero-order valence-electron chi connectivity index (χ0n) is 10.5. The summed E-state index contributed by atoms with van der Waals surface area (Å²) in [4.78, 5) is 18.9. The molecule has 21 heavy (non-hydrogen) atoms. The van der Waals surface area contributed by atoms with Gasteiger partial charge >= 0.3 is 11.7 Å². The number of nitrogens with zero attached hydrogens (tertiary/aromatic N) is 1. The van der Waals surface area contributed by atoms with Crippen LogP contribution in [-0.4, -0.2) is 30.5 Å². The van der Waals surface area contributed by atoms with E-state index in [1.165, 1.54) is 6.92 Å². The number of nitro benzene ring substituents is 1. The summed E-state index contributed by atoms with van der Waals surface area (Å²) in [6.45, 7) is 1.37. The first kappa shape index (κ1) is 16.9. The van der Waals surface area contributed by atoms with E-state index >= 15 is 0 Å². The Morgan fingerprint density at radius 3 is 2.43 bits per heavy atom. The first-order chi connectivity index (χ1) is 9.60. The Balaban J connectivity index is 3.35. The summed E-state index contributed by atoms with van der Waals surface area (Å²) >= 11 is 0. The number of aliphatic carboxylic acids is 1. The molecule has 116 valence electrons. The fourth-order valence-electron chi connectivity index (χ4n) is 1.42. The summed E-state index contributed by atoms with van der Waals surface area (Å²) in [6.07, 6.45) is -0.139. The van der Waals surface area contributed by atoms with E-state index in [1.807, 2.05) is 0 Å². The van der Waals surface area contributed by atoms with E-state index in [0.717, 1.165) is 0 Å². The van der Waals surface area contributed by atoms with Gasteiger partial charge in [0, 0.05) is 12.1 Å². The molecule has 11 heteroatoms. The molecule has 0 spiro atoms. The standard InChI is InChI=1S/C10H10F2N2O6S/c1-2-7(10(15)16)13-21(19,20)9-4-8(14(17)18)5(11)3-6(9)12/h3-4,7,13H,2H2,1H3,(H,15,16). The van der Waals surface area contributed by atoms with Crippen molar-refractivity contribution in [1.82, 2.24) is 4.72 Å². The predicted molar refractivity (Wildman–Crippen MR) is 65.0 cm³/mol. The second-order valence-corrected chi connectivity index (χ2v) is 5.59. The lowest BCUT2D eigenvalue weighted by Gasteiger charge is -2.13. The second kappa shape index (κ2) is 6.10. The lowest BCUT2D eigenvalue weighted by molar-refractivity contribution is -0.387. The number of carbonyl (C=O) groups is 1. The quantitative estimate of drug-likeness (QED) is 0.594. The molecule has 0 heterocycles. The predicted octanol–water partition coefficient (Wildman–Crippen LogP) is 1.01. The minimum absolute atomic E-state index is 0.0500. The Kier molecular flexibility index (Phi) is 4.91. The molecule has 0 radical (unpaired) electrons. The van der Waals surface area contributed by atoms with Gasteiger partial charge in [-0.2, -0.15) is 9.11 Å². The molecule has 2 N–H and O–H groups in total. The van der Waals surface area contributed by atoms with Crippen LogP contribution in [0.4, 0.5) is 14.5 Å². The Morgan fingerprint density at radius 2 is 2.00 bits per heavy atom. The lowest BCUT2D eigenvalue weighted by atomic mass is 10.2. The number of sulfonamides is 1. The average Bonchev–Trinajstić information content (AvgIpc) is 2.34. The van der Waals surface area contributed by atoms with Crippen LogP contribution in [0.3, 0.4) is 0 Å². The number of halogens is 2. The summed E-state index contributed by atoms with van der Waals surface area (Å²) in [5.74, 6) is -4.61. The highest BCUT2D eigenvalue weighted by molar-refractivity contribution is 7.89. The van der Waals surface area contributed by atoms with Crippen molar-refractivity contribution in [3.05, 3.63) is 33.9 Å². The van der Waals surface area contributed by atoms with Crippen LogP contribution in [0.2, 0.25) is 0 Å². The van der Waals surface area contributed by atoms with Gasteiger partial charge in [-0.3, -0.25) is 14.9 Å². The van der Waals surface area contributed by atoms with Crippen LogP contribution < -0.4 is 4.72 Å². The van der Waals surface area contributed by atoms with Gasteiger partial charge in [-0.05, 0) is 6.42 Å². The molecule has 8 nitrogen and oxygen atoms in total. The highest BCUT2D eigenvalue weighted by atomic mass is 32.2. The number of nitro groups is 1. The average molecular weight is 324 g/mol. The molecule has 1 aromatic rings. The van der Waals surface area contributed by atoms with Crippen LogP contribution in [0.15, 0.2) is 17.0 Å². The van der Waals surface area contributed by atoms with Crippen LogP contribution in [0.5, 0.6) is 0 Å². The lowest BCUT2D eigenvalue weighted by Crippen LogP contribution is -2.40. The van der Waals surface area contributed by atoms with E-state index in [1.54, 1.807) is 4.72 Å². The molecule has 1 unspecified atom stereocenters. The van der Waals surface area contributed by atoms with Gasteiger partial charge in [-0.15, -0.1) is 0 Å². The van der Waals surface area contributed by atoms with Crippen LogP contribution in [0.25, 0.3) is 0 Å². The molecule has 0 bridgehead atoms. The first-order valence-corrected chi connectivity index (χ1v) is 6.97. The SMILES string of the molecule is CCC(NS(=O)(=O)c1cc([N+](=O)[O-])c(F)cc1F)C(=O)O. The van der Waals surface area contributed by atoms with Crippen molar-refractivity contribution in [3.8, 4) is 0 Å². The Morgan fingerprint density at radius 1 is 1.43 bits per heavy atom. The Labute approximate surface area is 117 Å². The monoisotopic (exact) mass is 324 g/mol. The summed E-state index contributed by atoms with van der Waals surface area (Å²) in [6, 6.07) is -1.30. The van der Waals surface area contributed by atoms with Gasteiger partial charge in [-0.25, -0.2) is 12.8 Å². The van der Waals surface area contributed by atoms with Crippen LogP contribution in [-0.2, 0) is 14.8 Å². The van der Waals surface area contributed by atoms with E-state index in [-0.39, 0.29) is 18.6 Å². The molecule has 0 aliphatic heterocycles. The van der Waals surface area contributed by atoms with E-state index in [0.29, 0.717) is 0 Å². The smallest absolute Gasteiger partial charge is 0.321 e. The fraction of sp³-hybridized carbons (Fsp3) is 0.300. The van der Waals surface area contributed by atoms with Crippen molar-refractivity contribution < 1.29 is 32.0 Å². The van der Waals surface area contributed by atoms with Gasteiger partial charge < -0.3 is 5.11 Å². The largest absolute Gasteiger partial charge is 0.480 e. The topological polar surface area (TPSA) is 127 Å². The number of hydrogen-bond donors (Lipinski definition) is 2. The maximum atomic E-state index is 13.5. The minimum atomic E-state index is -4.70. The van der Waals surface area contributed by atoms with Gasteiger partial charge in [0.1, 0.15) is 16.8 Å². The first-order valence-electron chi connectivity index (χ1n) is 5.48. The third-order valence-electron chi connectivity index (χ3n) is 2.49. The number of carboxylic acids is 1. The summed E-state index contributed by atoms with van der Waals surface area (Å²) < 4.78 is 52.0. The second-order valence-electron chi connectivity index (χ2n) is 3.91. The van der Waals surface area contributed by atoms with Crippen LogP contribution >= 0.6 is 0 Å². The number of rotatable bonds is 6. The molecule has 1 aromatic carbocycles. The number of nitrogens with one attached hydrogen (secondary N) is 1. The number of carboxylic acid groups (broad SMARTS) is 1. The summed E-state index contributed by atoms with van der Waals surface area (Å²) in [5, 5.41) is 19.3. The van der Waals surface area contributed by atoms with Crippen molar-refractivity contribution in [2.24, 2.45) is 0 Å². The highest BCUT2D eigenvalue weighted by Gasteiger charge is 2.29. The van der Waals surface area contributed by atoms with E-state index in [9.17, 15) is 32.1 Å². The molecular formula is C10H10F2N2O6S. The van der Waals surface area contributed by atoms with Crippen molar-refractivity contribution in [1.29, 1.82) is 0 Å². The molecule has 0 aliphatic rings. The molecular weight excluding hydrogens is 314 g/mol. The summed E-state index contributed by atoms with van der Waals surface area (Å²) in [7, 11) is -4.70. The Bertz CT molecular complexity index is 691. The van der Waals surface area contributed by atoms with Gasteiger partial charge in [0.05, 0.1) is 4.92 Å². The van der Waals surface area contributed by atoms with Crippen LogP contribution in [0.1, 0.15) is 13.3 Å². The van der Waals surface area contributed by atoms with Gasteiger partial charge in [0.15, 0.2) is 0 Å². The molecule has 1 rings (SSSR count). The molecule has 1 atom stereocenters. The highest BCUT2D eigenvalue weighted by Crippen LogP contribution is 2.24. The fourth-order valence-corrected chi connectivity index (χ4v) is 2.77. The maximum Gasteiger partial charge on any atom is 0.321 e. The van der Waals surface area contributed by atoms with Crippen molar-refractivity contribution in [3.63, 3.8) is 0 Å².